The summed E-state index contributed by atoms with van der Waals surface area (Å²) in [5.74, 6) is 0.695. The van der Waals surface area contributed by atoms with Crippen LogP contribution < -0.4 is 10.2 Å². The molecule has 0 bridgehead atoms. The Kier molecular flexibility index (Phi) is 5.11. The summed E-state index contributed by atoms with van der Waals surface area (Å²) in [6.07, 6.45) is 1.74. The zero-order chi connectivity index (χ0) is 17.2. The zero-order valence-corrected chi connectivity index (χ0v) is 14.9. The van der Waals surface area contributed by atoms with Crippen LogP contribution in [0.2, 0.25) is 0 Å². The number of carbonyl (C=O) groups excluding carboxylic acids is 1. The van der Waals surface area contributed by atoms with Crippen LogP contribution in [0.15, 0.2) is 24.3 Å². The van der Waals surface area contributed by atoms with E-state index in [0.29, 0.717) is 5.92 Å². The van der Waals surface area contributed by atoms with Crippen LogP contribution in [0.25, 0.3) is 0 Å². The van der Waals surface area contributed by atoms with Gasteiger partial charge in [-0.2, -0.15) is 0 Å². The lowest BCUT2D eigenvalue weighted by molar-refractivity contribution is -0.0351. The van der Waals surface area contributed by atoms with Gasteiger partial charge in [0, 0.05) is 12.5 Å². The molecule has 2 heterocycles. The molecule has 1 atom stereocenters. The molecule has 2 aliphatic rings. The number of nitrogens with one attached hydrogen (secondary N) is 1. The Bertz CT molecular complexity index is 578. The standard InChI is InChI=1S/C19H28N2O3/c1-19(2,3)24-18(22)21-16(10-15-6-4-5-7-17(15)21)11-20-9-8-14-12-23-13-14/h4-7,14,16,20H,8-13H2,1-3H3. The molecular formula is C19H28N2O3. The number of para-hydroxylation sites is 1. The molecule has 3 rings (SSSR count). The van der Waals surface area contributed by atoms with Crippen molar-refractivity contribution in [2.45, 2.75) is 45.3 Å². The van der Waals surface area contributed by atoms with Crippen molar-refractivity contribution < 1.29 is 14.3 Å². The van der Waals surface area contributed by atoms with Crippen molar-refractivity contribution in [2.75, 3.05) is 31.2 Å². The first-order valence-corrected chi connectivity index (χ1v) is 8.82. The van der Waals surface area contributed by atoms with E-state index < -0.39 is 5.60 Å². The lowest BCUT2D eigenvalue weighted by atomic mass is 10.0. The smallest absolute Gasteiger partial charge is 0.415 e. The molecule has 2 aliphatic heterocycles. The van der Waals surface area contributed by atoms with Crippen molar-refractivity contribution >= 4 is 11.8 Å². The average Bonchev–Trinajstić information content (AvgIpc) is 2.81. The Morgan fingerprint density at radius 2 is 2.08 bits per heavy atom. The molecule has 1 saturated heterocycles. The van der Waals surface area contributed by atoms with Crippen LogP contribution in [-0.4, -0.2) is 44.0 Å². The Morgan fingerprint density at radius 1 is 1.33 bits per heavy atom. The minimum atomic E-state index is -0.489. The summed E-state index contributed by atoms with van der Waals surface area (Å²) in [6.45, 7) is 9.23. The quantitative estimate of drug-likeness (QED) is 0.842. The fraction of sp³-hybridized carbons (Fsp3) is 0.632. The normalized spacial score (nSPS) is 20.6. The number of carbonyl (C=O) groups is 1. The summed E-state index contributed by atoms with van der Waals surface area (Å²) in [7, 11) is 0. The van der Waals surface area contributed by atoms with Crippen LogP contribution in [0.1, 0.15) is 32.8 Å². The number of benzene rings is 1. The molecule has 1 aromatic rings. The largest absolute Gasteiger partial charge is 0.443 e. The molecule has 1 fully saturated rings. The Balaban J connectivity index is 1.62. The van der Waals surface area contributed by atoms with E-state index in [1.165, 1.54) is 5.56 Å². The Morgan fingerprint density at radius 3 is 2.75 bits per heavy atom. The van der Waals surface area contributed by atoms with Crippen molar-refractivity contribution in [3.05, 3.63) is 29.8 Å². The van der Waals surface area contributed by atoms with E-state index in [1.807, 2.05) is 43.9 Å². The maximum absolute atomic E-state index is 12.7. The van der Waals surface area contributed by atoms with E-state index in [9.17, 15) is 4.79 Å². The fourth-order valence-corrected chi connectivity index (χ4v) is 3.21. The van der Waals surface area contributed by atoms with Crippen molar-refractivity contribution in [3.63, 3.8) is 0 Å². The molecule has 5 heteroatoms. The topological polar surface area (TPSA) is 50.8 Å². The molecule has 0 radical (unpaired) electrons. The summed E-state index contributed by atoms with van der Waals surface area (Å²) in [4.78, 5) is 14.5. The second kappa shape index (κ2) is 7.11. The molecule has 0 aliphatic carbocycles. The summed E-state index contributed by atoms with van der Waals surface area (Å²) in [5.41, 5.74) is 1.70. The number of anilines is 1. The van der Waals surface area contributed by atoms with Crippen LogP contribution in [-0.2, 0) is 15.9 Å². The summed E-state index contributed by atoms with van der Waals surface area (Å²) < 4.78 is 10.8. The van der Waals surface area contributed by atoms with Gasteiger partial charge in [-0.3, -0.25) is 4.90 Å². The van der Waals surface area contributed by atoms with Crippen LogP contribution >= 0.6 is 0 Å². The van der Waals surface area contributed by atoms with Gasteiger partial charge in [0.2, 0.25) is 0 Å². The van der Waals surface area contributed by atoms with Gasteiger partial charge in [0.1, 0.15) is 5.60 Å². The third kappa shape index (κ3) is 4.08. The van der Waals surface area contributed by atoms with Gasteiger partial charge in [-0.25, -0.2) is 4.79 Å². The highest BCUT2D eigenvalue weighted by atomic mass is 16.6. The zero-order valence-electron chi connectivity index (χ0n) is 14.9. The fourth-order valence-electron chi connectivity index (χ4n) is 3.21. The van der Waals surface area contributed by atoms with Crippen LogP contribution in [0.4, 0.5) is 10.5 Å². The molecule has 0 aromatic heterocycles. The molecular weight excluding hydrogens is 304 g/mol. The predicted octanol–water partition coefficient (Wildman–Crippen LogP) is 2.98. The van der Waals surface area contributed by atoms with Crippen molar-refractivity contribution in [3.8, 4) is 0 Å². The lowest BCUT2D eigenvalue weighted by Gasteiger charge is -2.30. The summed E-state index contributed by atoms with van der Waals surface area (Å²) in [5, 5.41) is 3.50. The van der Waals surface area contributed by atoms with Crippen LogP contribution in [0.3, 0.4) is 0 Å². The van der Waals surface area contributed by atoms with Gasteiger partial charge >= 0.3 is 6.09 Å². The molecule has 1 N–H and O–H groups in total. The highest BCUT2D eigenvalue weighted by Crippen LogP contribution is 2.33. The number of fused-ring (bicyclic) bond motifs is 1. The number of nitrogens with zero attached hydrogens (tertiary/aromatic N) is 1. The first kappa shape index (κ1) is 17.2. The SMILES string of the molecule is CC(C)(C)OC(=O)N1c2ccccc2CC1CNCCC1COC1. The van der Waals surface area contributed by atoms with Crippen molar-refractivity contribution in [1.29, 1.82) is 0 Å². The number of ether oxygens (including phenoxy) is 2. The van der Waals surface area contributed by atoms with E-state index >= 15 is 0 Å². The third-order valence-electron chi connectivity index (χ3n) is 4.48. The highest BCUT2D eigenvalue weighted by Gasteiger charge is 2.36. The second-order valence-corrected chi connectivity index (χ2v) is 7.73. The van der Waals surface area contributed by atoms with Crippen LogP contribution in [0, 0.1) is 5.92 Å². The number of hydrogen-bond donors (Lipinski definition) is 1. The molecule has 0 spiro atoms. The van der Waals surface area contributed by atoms with Gasteiger partial charge in [-0.1, -0.05) is 18.2 Å². The number of hydrogen-bond acceptors (Lipinski definition) is 4. The molecule has 1 aromatic carbocycles. The highest BCUT2D eigenvalue weighted by molar-refractivity contribution is 5.91. The van der Waals surface area contributed by atoms with Gasteiger partial charge < -0.3 is 14.8 Å². The summed E-state index contributed by atoms with van der Waals surface area (Å²) in [6, 6.07) is 8.21. The Hall–Kier alpha value is -1.59. The van der Waals surface area contributed by atoms with E-state index in [2.05, 4.69) is 11.4 Å². The van der Waals surface area contributed by atoms with Gasteiger partial charge in [-0.15, -0.1) is 0 Å². The molecule has 1 amide bonds. The van der Waals surface area contributed by atoms with Gasteiger partial charge in [-0.05, 0) is 51.8 Å². The van der Waals surface area contributed by atoms with Gasteiger partial charge in [0.25, 0.3) is 0 Å². The minimum absolute atomic E-state index is 0.106. The van der Waals surface area contributed by atoms with Gasteiger partial charge in [0.15, 0.2) is 0 Å². The molecule has 1 unspecified atom stereocenters. The van der Waals surface area contributed by atoms with E-state index in [0.717, 1.165) is 44.8 Å². The number of rotatable bonds is 5. The minimum Gasteiger partial charge on any atom is -0.443 e. The first-order chi connectivity index (χ1) is 11.4. The summed E-state index contributed by atoms with van der Waals surface area (Å²) >= 11 is 0. The number of amides is 1. The van der Waals surface area contributed by atoms with Gasteiger partial charge in [0.05, 0.1) is 24.9 Å². The monoisotopic (exact) mass is 332 g/mol. The van der Waals surface area contributed by atoms with E-state index in [4.69, 9.17) is 9.47 Å². The maximum Gasteiger partial charge on any atom is 0.415 e. The van der Waals surface area contributed by atoms with Crippen molar-refractivity contribution in [2.24, 2.45) is 5.92 Å². The van der Waals surface area contributed by atoms with E-state index in [1.54, 1.807) is 0 Å². The van der Waals surface area contributed by atoms with Crippen LogP contribution in [0.5, 0.6) is 0 Å². The van der Waals surface area contributed by atoms with Crippen molar-refractivity contribution in [1.82, 2.24) is 5.32 Å². The molecule has 132 valence electrons. The maximum atomic E-state index is 12.7. The average molecular weight is 332 g/mol. The lowest BCUT2D eigenvalue weighted by Crippen LogP contribution is -2.46. The molecule has 0 saturated carbocycles. The molecule has 5 nitrogen and oxygen atoms in total. The second-order valence-electron chi connectivity index (χ2n) is 7.73. The predicted molar refractivity (Wildman–Crippen MR) is 94.4 cm³/mol. The molecule has 24 heavy (non-hydrogen) atoms. The third-order valence-corrected chi connectivity index (χ3v) is 4.48. The first-order valence-electron chi connectivity index (χ1n) is 8.82. The Labute approximate surface area is 144 Å². The van der Waals surface area contributed by atoms with E-state index in [-0.39, 0.29) is 12.1 Å².